The maximum atomic E-state index is 13.5. The van der Waals surface area contributed by atoms with Gasteiger partial charge in [0.25, 0.3) is 5.91 Å². The van der Waals surface area contributed by atoms with Gasteiger partial charge in [-0.1, -0.05) is 23.9 Å². The summed E-state index contributed by atoms with van der Waals surface area (Å²) in [6.45, 7) is 1.31. The summed E-state index contributed by atoms with van der Waals surface area (Å²) in [5, 5.41) is 11.3. The molecule has 12 heteroatoms. The molecule has 1 aliphatic rings. The topological polar surface area (TPSA) is 61.7 Å². The highest BCUT2D eigenvalue weighted by atomic mass is 32.2. The van der Waals surface area contributed by atoms with Gasteiger partial charge in [-0.15, -0.1) is 0 Å². The van der Waals surface area contributed by atoms with Crippen LogP contribution >= 0.6 is 11.8 Å². The summed E-state index contributed by atoms with van der Waals surface area (Å²) in [6, 6.07) is 3.97. The molecule has 1 aromatic rings. The molecule has 0 radical (unpaired) electrons. The largest absolute Gasteiger partial charge is 0.419 e. The smallest absolute Gasteiger partial charge is 0.379 e. The first-order valence-corrected chi connectivity index (χ1v) is 8.15. The zero-order valence-corrected chi connectivity index (χ0v) is 14.6. The lowest BCUT2D eigenvalue weighted by molar-refractivity contribution is -0.299. The second kappa shape index (κ2) is 6.66. The molecule has 150 valence electrons. The SMILES string of the molecule is C[C@H](NC1=NC(=O)C(C(F)(F)F)(C(C)(O)C(F)(F)F)S1)c1ccc(F)cc1. The first-order chi connectivity index (χ1) is 12.1. The van der Waals surface area contributed by atoms with Gasteiger partial charge < -0.3 is 10.4 Å². The molecule has 1 amide bonds. The van der Waals surface area contributed by atoms with Crippen LogP contribution in [0.1, 0.15) is 25.5 Å². The van der Waals surface area contributed by atoms with Crippen LogP contribution in [0.4, 0.5) is 30.7 Å². The molecule has 4 nitrogen and oxygen atoms in total. The quantitative estimate of drug-likeness (QED) is 0.735. The molecular weight excluding hydrogens is 405 g/mol. The van der Waals surface area contributed by atoms with Gasteiger partial charge in [0.15, 0.2) is 10.8 Å². The molecule has 27 heavy (non-hydrogen) atoms. The predicted molar refractivity (Wildman–Crippen MR) is 83.4 cm³/mol. The number of aliphatic imine (C=N–C) groups is 1. The van der Waals surface area contributed by atoms with E-state index < -0.39 is 57.4 Å². The van der Waals surface area contributed by atoms with Crippen molar-refractivity contribution in [2.75, 3.05) is 0 Å². The Balaban J connectivity index is 2.36. The molecule has 0 saturated heterocycles. The van der Waals surface area contributed by atoms with Crippen LogP contribution in [0.2, 0.25) is 0 Å². The van der Waals surface area contributed by atoms with E-state index in [-0.39, 0.29) is 6.92 Å². The molecule has 2 unspecified atom stereocenters. The fourth-order valence-corrected chi connectivity index (χ4v) is 3.64. The second-order valence-electron chi connectivity index (χ2n) is 5.99. The fourth-order valence-electron chi connectivity index (χ4n) is 2.43. The summed E-state index contributed by atoms with van der Waals surface area (Å²) in [5.41, 5.74) is -4.04. The standard InChI is InChI=1S/C15H13F7N2O2S/c1-7(8-3-5-9(16)6-4-8)23-11-24-10(25)13(27-11,15(20,21)22)12(2,26)14(17,18)19/h3-7,26H,1-2H3,(H,23,24,25)/t7-,12?,13?/m0/s1. The van der Waals surface area contributed by atoms with Crippen molar-refractivity contribution in [3.63, 3.8) is 0 Å². The normalized spacial score (nSPS) is 24.4. The lowest BCUT2D eigenvalue weighted by Gasteiger charge is -2.41. The fraction of sp³-hybridized carbons (Fsp3) is 0.467. The highest BCUT2D eigenvalue weighted by Crippen LogP contribution is 2.57. The van der Waals surface area contributed by atoms with Gasteiger partial charge in [0.05, 0.1) is 6.04 Å². The molecule has 3 atom stereocenters. The van der Waals surface area contributed by atoms with Gasteiger partial charge in [-0.3, -0.25) is 4.79 Å². The van der Waals surface area contributed by atoms with Crippen LogP contribution in [0, 0.1) is 5.82 Å². The van der Waals surface area contributed by atoms with Crippen LogP contribution in [0.5, 0.6) is 0 Å². The van der Waals surface area contributed by atoms with E-state index in [1.165, 1.54) is 19.1 Å². The molecule has 1 aliphatic heterocycles. The summed E-state index contributed by atoms with van der Waals surface area (Å²) >= 11 is -0.547. The van der Waals surface area contributed by atoms with Crippen LogP contribution in [0.3, 0.4) is 0 Å². The van der Waals surface area contributed by atoms with Crippen molar-refractivity contribution in [1.82, 2.24) is 5.32 Å². The zero-order valence-electron chi connectivity index (χ0n) is 13.7. The molecule has 2 rings (SSSR count). The lowest BCUT2D eigenvalue weighted by Crippen LogP contribution is -2.68. The Morgan fingerprint density at radius 1 is 1.15 bits per heavy atom. The third-order valence-corrected chi connectivity index (χ3v) is 5.61. The van der Waals surface area contributed by atoms with Crippen LogP contribution in [-0.4, -0.2) is 38.9 Å². The van der Waals surface area contributed by atoms with Gasteiger partial charge in [-0.05, 0) is 31.5 Å². The summed E-state index contributed by atoms with van der Waals surface area (Å²) in [6.07, 6.45) is -11.5. The Labute approximate surface area is 152 Å². The van der Waals surface area contributed by atoms with Crippen molar-refractivity contribution in [1.29, 1.82) is 0 Å². The molecule has 2 N–H and O–H groups in total. The Hall–Kier alpha value is -1.82. The highest BCUT2D eigenvalue weighted by molar-refractivity contribution is 8.16. The third-order valence-electron chi connectivity index (χ3n) is 4.10. The minimum absolute atomic E-state index is 0.118. The van der Waals surface area contributed by atoms with Crippen LogP contribution in [0.15, 0.2) is 29.3 Å². The molecule has 0 spiro atoms. The number of aliphatic hydroxyl groups is 1. The first kappa shape index (κ1) is 21.5. The first-order valence-electron chi connectivity index (χ1n) is 7.33. The average molecular weight is 418 g/mol. The van der Waals surface area contributed by atoms with E-state index in [0.29, 0.717) is 5.56 Å². The van der Waals surface area contributed by atoms with Crippen molar-refractivity contribution in [2.45, 2.75) is 42.6 Å². The average Bonchev–Trinajstić information content (AvgIpc) is 2.84. The Bertz CT molecular complexity index is 759. The van der Waals surface area contributed by atoms with E-state index in [1.54, 1.807) is 0 Å². The number of carbonyl (C=O) groups is 1. The number of nitrogens with zero attached hydrogens (tertiary/aromatic N) is 1. The van der Waals surface area contributed by atoms with E-state index in [9.17, 15) is 40.6 Å². The van der Waals surface area contributed by atoms with E-state index in [2.05, 4.69) is 10.3 Å². The number of halogens is 7. The third kappa shape index (κ3) is 3.51. The van der Waals surface area contributed by atoms with E-state index >= 15 is 0 Å². The summed E-state index contributed by atoms with van der Waals surface area (Å²) in [4.78, 5) is 15.0. The number of carbonyl (C=O) groups excluding carboxylic acids is 1. The summed E-state index contributed by atoms with van der Waals surface area (Å²) < 4.78 is 88.6. The number of alkyl halides is 6. The molecular formula is C15H13F7N2O2S. The number of thioether (sulfide) groups is 1. The van der Waals surface area contributed by atoms with Gasteiger partial charge >= 0.3 is 12.4 Å². The van der Waals surface area contributed by atoms with E-state index in [0.717, 1.165) is 12.1 Å². The Morgan fingerprint density at radius 3 is 2.11 bits per heavy atom. The van der Waals surface area contributed by atoms with E-state index in [4.69, 9.17) is 0 Å². The minimum atomic E-state index is -5.75. The highest BCUT2D eigenvalue weighted by Gasteiger charge is 2.80. The predicted octanol–water partition coefficient (Wildman–Crippen LogP) is 3.72. The van der Waals surface area contributed by atoms with Gasteiger partial charge in [0.1, 0.15) is 5.82 Å². The maximum Gasteiger partial charge on any atom is 0.419 e. The molecule has 0 aliphatic carbocycles. The number of benzene rings is 1. The van der Waals surface area contributed by atoms with Crippen molar-refractivity contribution >= 4 is 22.8 Å². The number of amides is 1. The van der Waals surface area contributed by atoms with Gasteiger partial charge in [-0.2, -0.15) is 31.3 Å². The molecule has 0 aromatic heterocycles. The number of hydrogen-bond donors (Lipinski definition) is 2. The van der Waals surface area contributed by atoms with Gasteiger partial charge in [-0.25, -0.2) is 4.39 Å². The number of amidine groups is 1. The maximum absolute atomic E-state index is 13.5. The number of hydrogen-bond acceptors (Lipinski definition) is 4. The Kier molecular flexibility index (Phi) is 5.30. The zero-order chi connectivity index (χ0) is 20.8. The van der Waals surface area contributed by atoms with Crippen molar-refractivity contribution < 1.29 is 40.6 Å². The number of nitrogens with one attached hydrogen (secondary N) is 1. The minimum Gasteiger partial charge on any atom is -0.379 e. The van der Waals surface area contributed by atoms with Crippen LogP contribution < -0.4 is 5.32 Å². The molecule has 0 saturated carbocycles. The molecule has 1 aromatic carbocycles. The lowest BCUT2D eigenvalue weighted by atomic mass is 9.86. The second-order valence-corrected chi connectivity index (χ2v) is 7.19. The summed E-state index contributed by atoms with van der Waals surface area (Å²) in [5.74, 6) is -2.73. The van der Waals surface area contributed by atoms with Crippen molar-refractivity contribution in [3.8, 4) is 0 Å². The summed E-state index contributed by atoms with van der Waals surface area (Å²) in [7, 11) is 0. The van der Waals surface area contributed by atoms with Crippen molar-refractivity contribution in [3.05, 3.63) is 35.6 Å². The van der Waals surface area contributed by atoms with Crippen LogP contribution in [-0.2, 0) is 4.79 Å². The monoisotopic (exact) mass is 418 g/mol. The van der Waals surface area contributed by atoms with Gasteiger partial charge in [0, 0.05) is 0 Å². The Morgan fingerprint density at radius 2 is 1.67 bits per heavy atom. The van der Waals surface area contributed by atoms with Crippen LogP contribution in [0.25, 0.3) is 0 Å². The molecule has 0 bridgehead atoms. The van der Waals surface area contributed by atoms with Gasteiger partial charge in [0.2, 0.25) is 4.75 Å². The van der Waals surface area contributed by atoms with E-state index in [1.807, 2.05) is 0 Å². The molecule has 0 fully saturated rings. The number of rotatable bonds is 3. The molecule has 1 heterocycles. The van der Waals surface area contributed by atoms with Crippen molar-refractivity contribution in [2.24, 2.45) is 4.99 Å².